The normalized spacial score (nSPS) is 9.50. The van der Waals surface area contributed by atoms with Gasteiger partial charge in [-0.3, -0.25) is 9.78 Å². The SMILES string of the molecule is CN(C)c1ccnc(C(N)=O)c1. The van der Waals surface area contributed by atoms with Crippen LogP contribution in [-0.4, -0.2) is 25.0 Å². The van der Waals surface area contributed by atoms with E-state index in [1.54, 1.807) is 12.3 Å². The average Bonchev–Trinajstić information content (AvgIpc) is 2.04. The van der Waals surface area contributed by atoms with E-state index >= 15 is 0 Å². The van der Waals surface area contributed by atoms with E-state index in [0.717, 1.165) is 5.69 Å². The first kappa shape index (κ1) is 8.52. The number of carbonyl (C=O) groups is 1. The third-order valence-corrected chi connectivity index (χ3v) is 1.51. The number of rotatable bonds is 2. The number of primary amides is 1. The fourth-order valence-corrected chi connectivity index (χ4v) is 0.832. The maximum absolute atomic E-state index is 10.7. The van der Waals surface area contributed by atoms with E-state index in [9.17, 15) is 4.79 Å². The number of hydrogen-bond acceptors (Lipinski definition) is 3. The summed E-state index contributed by atoms with van der Waals surface area (Å²) in [5.74, 6) is -0.501. The van der Waals surface area contributed by atoms with Crippen LogP contribution in [0.1, 0.15) is 10.5 Å². The number of aromatic nitrogens is 1. The zero-order valence-corrected chi connectivity index (χ0v) is 7.11. The minimum absolute atomic E-state index is 0.293. The van der Waals surface area contributed by atoms with Crippen LogP contribution in [0.3, 0.4) is 0 Å². The Labute approximate surface area is 71.0 Å². The van der Waals surface area contributed by atoms with Crippen LogP contribution in [0.15, 0.2) is 18.3 Å². The van der Waals surface area contributed by atoms with Crippen molar-refractivity contribution in [3.8, 4) is 0 Å². The van der Waals surface area contributed by atoms with Crippen molar-refractivity contribution in [3.63, 3.8) is 0 Å². The molecule has 0 spiro atoms. The number of carbonyl (C=O) groups excluding carboxylic acids is 1. The van der Waals surface area contributed by atoms with Crippen molar-refractivity contribution in [2.45, 2.75) is 0 Å². The standard InChI is InChI=1S/C8H11N3O/c1-11(2)6-3-4-10-7(5-6)8(9)12/h3-5H,1-2H3,(H2,9,12). The summed E-state index contributed by atoms with van der Waals surface area (Å²) < 4.78 is 0. The second kappa shape index (κ2) is 3.21. The van der Waals surface area contributed by atoms with E-state index in [0.29, 0.717) is 5.69 Å². The van der Waals surface area contributed by atoms with Crippen molar-refractivity contribution in [3.05, 3.63) is 24.0 Å². The Morgan fingerprint density at radius 1 is 1.58 bits per heavy atom. The highest BCUT2D eigenvalue weighted by Gasteiger charge is 2.02. The second-order valence-corrected chi connectivity index (χ2v) is 2.66. The third-order valence-electron chi connectivity index (χ3n) is 1.51. The van der Waals surface area contributed by atoms with Crippen molar-refractivity contribution in [2.24, 2.45) is 5.73 Å². The van der Waals surface area contributed by atoms with Gasteiger partial charge < -0.3 is 10.6 Å². The monoisotopic (exact) mass is 165 g/mol. The maximum atomic E-state index is 10.7. The highest BCUT2D eigenvalue weighted by molar-refractivity contribution is 5.91. The Hall–Kier alpha value is -1.58. The molecule has 0 unspecified atom stereocenters. The summed E-state index contributed by atoms with van der Waals surface area (Å²) in [5.41, 5.74) is 6.27. The van der Waals surface area contributed by atoms with E-state index < -0.39 is 5.91 Å². The highest BCUT2D eigenvalue weighted by Crippen LogP contribution is 2.09. The molecule has 0 radical (unpaired) electrons. The van der Waals surface area contributed by atoms with Gasteiger partial charge in [0, 0.05) is 26.0 Å². The fraction of sp³-hybridized carbons (Fsp3) is 0.250. The van der Waals surface area contributed by atoms with Crippen molar-refractivity contribution >= 4 is 11.6 Å². The van der Waals surface area contributed by atoms with Crippen LogP contribution in [0.2, 0.25) is 0 Å². The number of anilines is 1. The van der Waals surface area contributed by atoms with Crippen molar-refractivity contribution < 1.29 is 4.79 Å². The van der Waals surface area contributed by atoms with Crippen molar-refractivity contribution in [1.29, 1.82) is 0 Å². The molecule has 0 saturated carbocycles. The Kier molecular flexibility index (Phi) is 2.28. The molecule has 1 aromatic rings. The van der Waals surface area contributed by atoms with Crippen LogP contribution in [0.4, 0.5) is 5.69 Å². The lowest BCUT2D eigenvalue weighted by Crippen LogP contribution is -2.15. The van der Waals surface area contributed by atoms with Gasteiger partial charge in [0.05, 0.1) is 0 Å². The summed E-state index contributed by atoms with van der Waals surface area (Å²) in [4.78, 5) is 16.4. The quantitative estimate of drug-likeness (QED) is 0.683. The highest BCUT2D eigenvalue weighted by atomic mass is 16.1. The lowest BCUT2D eigenvalue weighted by Gasteiger charge is -2.11. The summed E-state index contributed by atoms with van der Waals surface area (Å²) in [7, 11) is 3.78. The lowest BCUT2D eigenvalue weighted by atomic mass is 10.3. The first-order chi connectivity index (χ1) is 5.61. The van der Waals surface area contributed by atoms with Crippen LogP contribution < -0.4 is 10.6 Å². The van der Waals surface area contributed by atoms with Gasteiger partial charge in [-0.1, -0.05) is 0 Å². The Morgan fingerprint density at radius 2 is 2.25 bits per heavy atom. The molecular weight excluding hydrogens is 154 g/mol. The minimum Gasteiger partial charge on any atom is -0.378 e. The first-order valence-corrected chi connectivity index (χ1v) is 3.54. The third kappa shape index (κ3) is 1.72. The number of amides is 1. The molecule has 12 heavy (non-hydrogen) atoms. The van der Waals surface area contributed by atoms with Gasteiger partial charge in [-0.15, -0.1) is 0 Å². The molecule has 0 saturated heterocycles. The maximum Gasteiger partial charge on any atom is 0.267 e. The van der Waals surface area contributed by atoms with Gasteiger partial charge in [-0.05, 0) is 12.1 Å². The molecule has 0 fully saturated rings. The second-order valence-electron chi connectivity index (χ2n) is 2.66. The van der Waals surface area contributed by atoms with Gasteiger partial charge in [-0.2, -0.15) is 0 Å². The Morgan fingerprint density at radius 3 is 2.75 bits per heavy atom. The topological polar surface area (TPSA) is 59.2 Å². The molecule has 1 amide bonds. The van der Waals surface area contributed by atoms with Crippen molar-refractivity contribution in [1.82, 2.24) is 4.98 Å². The molecule has 0 aliphatic rings. The number of hydrogen-bond donors (Lipinski definition) is 1. The van der Waals surface area contributed by atoms with E-state index in [4.69, 9.17) is 5.73 Å². The Bertz CT molecular complexity index is 296. The van der Waals surface area contributed by atoms with E-state index in [-0.39, 0.29) is 0 Å². The lowest BCUT2D eigenvalue weighted by molar-refractivity contribution is 0.0995. The zero-order valence-electron chi connectivity index (χ0n) is 7.11. The number of pyridine rings is 1. The molecule has 0 bridgehead atoms. The minimum atomic E-state index is -0.501. The summed E-state index contributed by atoms with van der Waals surface area (Å²) in [6, 6.07) is 3.47. The number of nitrogens with two attached hydrogens (primary N) is 1. The molecule has 0 aliphatic heterocycles. The first-order valence-electron chi connectivity index (χ1n) is 3.54. The molecule has 0 aliphatic carbocycles. The number of nitrogens with zero attached hydrogens (tertiary/aromatic N) is 2. The average molecular weight is 165 g/mol. The fourth-order valence-electron chi connectivity index (χ4n) is 0.832. The predicted octanol–water partition coefficient (Wildman–Crippen LogP) is 0.247. The van der Waals surface area contributed by atoms with Gasteiger partial charge in [0.25, 0.3) is 5.91 Å². The molecule has 2 N–H and O–H groups in total. The predicted molar refractivity (Wildman–Crippen MR) is 47.1 cm³/mol. The molecule has 64 valence electrons. The molecule has 1 aromatic heterocycles. The van der Waals surface area contributed by atoms with Gasteiger partial charge in [0.15, 0.2) is 0 Å². The molecule has 0 aromatic carbocycles. The van der Waals surface area contributed by atoms with Crippen molar-refractivity contribution in [2.75, 3.05) is 19.0 Å². The summed E-state index contributed by atoms with van der Waals surface area (Å²) in [5, 5.41) is 0. The molecule has 1 rings (SSSR count). The van der Waals surface area contributed by atoms with Gasteiger partial charge in [-0.25, -0.2) is 0 Å². The molecule has 0 atom stereocenters. The van der Waals surface area contributed by atoms with Gasteiger partial charge in [0.2, 0.25) is 0 Å². The van der Waals surface area contributed by atoms with Crippen LogP contribution in [0, 0.1) is 0 Å². The zero-order chi connectivity index (χ0) is 9.14. The Balaban J connectivity index is 3.04. The molecule has 1 heterocycles. The van der Waals surface area contributed by atoms with Crippen LogP contribution in [0.5, 0.6) is 0 Å². The smallest absolute Gasteiger partial charge is 0.267 e. The van der Waals surface area contributed by atoms with Crippen LogP contribution in [0.25, 0.3) is 0 Å². The van der Waals surface area contributed by atoms with E-state index in [1.807, 2.05) is 25.1 Å². The van der Waals surface area contributed by atoms with Crippen LogP contribution >= 0.6 is 0 Å². The van der Waals surface area contributed by atoms with E-state index in [1.165, 1.54) is 0 Å². The van der Waals surface area contributed by atoms with Crippen LogP contribution in [-0.2, 0) is 0 Å². The summed E-state index contributed by atoms with van der Waals surface area (Å²) in [6.45, 7) is 0. The van der Waals surface area contributed by atoms with Gasteiger partial charge in [0.1, 0.15) is 5.69 Å². The largest absolute Gasteiger partial charge is 0.378 e. The summed E-state index contributed by atoms with van der Waals surface area (Å²) in [6.07, 6.45) is 1.56. The molecule has 4 heteroatoms. The molecular formula is C8H11N3O. The summed E-state index contributed by atoms with van der Waals surface area (Å²) >= 11 is 0. The van der Waals surface area contributed by atoms with E-state index in [2.05, 4.69) is 4.98 Å². The molecule has 4 nitrogen and oxygen atoms in total. The van der Waals surface area contributed by atoms with Gasteiger partial charge >= 0.3 is 0 Å².